The van der Waals surface area contributed by atoms with E-state index < -0.39 is 23.1 Å². The lowest BCUT2D eigenvalue weighted by Crippen LogP contribution is -2.43. The fourth-order valence-corrected chi connectivity index (χ4v) is 5.75. The fourth-order valence-electron chi connectivity index (χ4n) is 5.10. The van der Waals surface area contributed by atoms with Gasteiger partial charge in [0.05, 0.1) is 15.7 Å². The van der Waals surface area contributed by atoms with Gasteiger partial charge in [-0.25, -0.2) is 22.9 Å². The van der Waals surface area contributed by atoms with Gasteiger partial charge in [0.1, 0.15) is 17.1 Å². The van der Waals surface area contributed by atoms with E-state index in [0.717, 1.165) is 25.0 Å². The molecule has 0 unspecified atom stereocenters. The Bertz CT molecular complexity index is 1620. The molecule has 42 heavy (non-hydrogen) atoms. The molecule has 12 heteroatoms. The van der Waals surface area contributed by atoms with Crippen LogP contribution >= 0.6 is 23.2 Å². The summed E-state index contributed by atoms with van der Waals surface area (Å²) in [6, 6.07) is 7.90. The van der Waals surface area contributed by atoms with Crippen LogP contribution in [0.15, 0.2) is 42.6 Å². The first-order valence-electron chi connectivity index (χ1n) is 13.5. The molecular formula is C30H30Cl2F3N5O2. The van der Waals surface area contributed by atoms with Crippen molar-refractivity contribution in [1.29, 1.82) is 0 Å². The molecule has 5 rings (SSSR count). The molecule has 1 atom stereocenters. The number of anilines is 1. The maximum atomic E-state index is 14.1. The maximum Gasteiger partial charge on any atom is 0.410 e. The third-order valence-corrected chi connectivity index (χ3v) is 7.54. The zero-order chi connectivity index (χ0) is 30.2. The van der Waals surface area contributed by atoms with Gasteiger partial charge in [-0.1, -0.05) is 29.3 Å². The number of hydrogen-bond acceptors (Lipinski definition) is 5. The van der Waals surface area contributed by atoms with Gasteiger partial charge in [0.2, 0.25) is 5.95 Å². The number of carbonyl (C=O) groups excluding carboxylic acids is 1. The molecule has 0 radical (unpaired) electrons. The summed E-state index contributed by atoms with van der Waals surface area (Å²) in [6.45, 7) is 7.20. The molecule has 1 fully saturated rings. The number of aromatic nitrogens is 3. The van der Waals surface area contributed by atoms with Crippen molar-refractivity contribution in [3.63, 3.8) is 0 Å². The number of amides is 1. The summed E-state index contributed by atoms with van der Waals surface area (Å²) in [4.78, 5) is 23.6. The number of nitrogens with zero attached hydrogens (tertiary/aromatic N) is 4. The van der Waals surface area contributed by atoms with E-state index in [1.807, 2.05) is 31.4 Å². The molecule has 1 aliphatic heterocycles. The number of likely N-dealkylation sites (tertiary alicyclic amines) is 1. The summed E-state index contributed by atoms with van der Waals surface area (Å²) in [7, 11) is 0. The molecule has 2 aromatic carbocycles. The molecule has 0 bridgehead atoms. The fraction of sp³-hybridized carbons (Fsp3) is 0.367. The number of carbonyl (C=O) groups is 1. The topological polar surface area (TPSA) is 72.3 Å². The highest BCUT2D eigenvalue weighted by Gasteiger charge is 2.29. The molecule has 0 spiro atoms. The lowest BCUT2D eigenvalue weighted by molar-refractivity contribution is 0.0158. The first-order valence-corrected chi connectivity index (χ1v) is 14.3. The van der Waals surface area contributed by atoms with Crippen LogP contribution in [0, 0.1) is 23.4 Å². The Morgan fingerprint density at radius 2 is 1.83 bits per heavy atom. The van der Waals surface area contributed by atoms with Crippen LogP contribution in [-0.2, 0) is 17.8 Å². The third-order valence-electron chi connectivity index (χ3n) is 6.94. The lowest BCUT2D eigenvalue weighted by atomic mass is 9.98. The van der Waals surface area contributed by atoms with Crippen molar-refractivity contribution < 1.29 is 22.7 Å². The highest BCUT2D eigenvalue weighted by molar-refractivity contribution is 6.39. The maximum absolute atomic E-state index is 14.1. The summed E-state index contributed by atoms with van der Waals surface area (Å²) < 4.78 is 48.6. The highest BCUT2D eigenvalue weighted by Crippen LogP contribution is 2.39. The quantitative estimate of drug-likeness (QED) is 0.236. The second kappa shape index (κ2) is 12.0. The van der Waals surface area contributed by atoms with Crippen LogP contribution in [0.25, 0.3) is 22.3 Å². The standard InChI is InChI=1S/C30H30Cl2F3N5O2/c1-30(2,3)42-29(41)39-8-4-5-18(15-39)16-40-25(26-21(31)11-20(33)12-22(26)32)10-19-14-37-28(38-27(19)40)36-13-17-6-7-23(34)24(35)9-17/h6-7,9-12,14,18H,4-5,8,13,15-16H2,1-3H3,(H,36,37,38)/t18-/m1/s1. The smallest absolute Gasteiger partial charge is 0.410 e. The number of piperidine rings is 1. The van der Waals surface area contributed by atoms with Crippen LogP contribution in [0.4, 0.5) is 23.9 Å². The number of rotatable bonds is 6. The molecule has 7 nitrogen and oxygen atoms in total. The van der Waals surface area contributed by atoms with Crippen molar-refractivity contribution in [3.8, 4) is 11.3 Å². The van der Waals surface area contributed by atoms with Crippen molar-refractivity contribution in [2.45, 2.75) is 52.3 Å². The molecule has 1 aliphatic rings. The van der Waals surface area contributed by atoms with Gasteiger partial charge in [-0.05, 0) is 75.4 Å². The van der Waals surface area contributed by atoms with Gasteiger partial charge in [-0.2, -0.15) is 4.98 Å². The molecule has 0 aliphatic carbocycles. The lowest BCUT2D eigenvalue weighted by Gasteiger charge is -2.34. The average molecular weight is 621 g/mol. The van der Waals surface area contributed by atoms with Gasteiger partial charge < -0.3 is 19.5 Å². The minimum atomic E-state index is -0.940. The zero-order valence-electron chi connectivity index (χ0n) is 23.4. The van der Waals surface area contributed by atoms with Gasteiger partial charge in [0.25, 0.3) is 0 Å². The van der Waals surface area contributed by atoms with E-state index >= 15 is 0 Å². The van der Waals surface area contributed by atoms with Crippen molar-refractivity contribution in [2.24, 2.45) is 5.92 Å². The van der Waals surface area contributed by atoms with Crippen LogP contribution in [0.5, 0.6) is 0 Å². The van der Waals surface area contributed by atoms with Gasteiger partial charge >= 0.3 is 6.09 Å². The Balaban J connectivity index is 1.49. The molecule has 222 valence electrons. The van der Waals surface area contributed by atoms with E-state index in [0.29, 0.717) is 47.5 Å². The van der Waals surface area contributed by atoms with E-state index in [-0.39, 0.29) is 34.5 Å². The van der Waals surface area contributed by atoms with Gasteiger partial charge in [0.15, 0.2) is 11.6 Å². The summed E-state index contributed by atoms with van der Waals surface area (Å²) in [5, 5.41) is 4.04. The number of halogens is 5. The number of ether oxygens (including phenoxy) is 1. The SMILES string of the molecule is CC(C)(C)OC(=O)N1CCC[C@@H](Cn2c(-c3c(Cl)cc(F)cc3Cl)cc3cnc(NCc4ccc(F)c(F)c4)nc32)C1. The number of nitrogens with one attached hydrogen (secondary N) is 1. The molecule has 2 aromatic heterocycles. The van der Waals surface area contributed by atoms with Gasteiger partial charge in [-0.15, -0.1) is 0 Å². The molecule has 1 N–H and O–H groups in total. The summed E-state index contributed by atoms with van der Waals surface area (Å²) >= 11 is 13.0. The van der Waals surface area contributed by atoms with Crippen molar-refractivity contribution in [2.75, 3.05) is 18.4 Å². The zero-order valence-corrected chi connectivity index (χ0v) is 24.9. The molecule has 1 amide bonds. The van der Waals surface area contributed by atoms with Crippen LogP contribution in [0.1, 0.15) is 39.2 Å². The van der Waals surface area contributed by atoms with Crippen molar-refractivity contribution >= 4 is 46.3 Å². The number of fused-ring (bicyclic) bond motifs is 1. The van der Waals surface area contributed by atoms with Crippen LogP contribution in [-0.4, -0.2) is 44.2 Å². The first-order chi connectivity index (χ1) is 19.9. The molecule has 4 aromatic rings. The summed E-state index contributed by atoms with van der Waals surface area (Å²) in [5.41, 5.74) is 1.56. The van der Waals surface area contributed by atoms with Gasteiger partial charge in [0, 0.05) is 43.3 Å². The predicted molar refractivity (Wildman–Crippen MR) is 157 cm³/mol. The highest BCUT2D eigenvalue weighted by atomic mass is 35.5. The monoisotopic (exact) mass is 619 g/mol. The Labute approximate surface area is 251 Å². The molecular weight excluding hydrogens is 590 g/mol. The summed E-state index contributed by atoms with van der Waals surface area (Å²) in [5.74, 6) is -2.10. The van der Waals surface area contributed by atoms with Gasteiger partial charge in [-0.3, -0.25) is 0 Å². The third kappa shape index (κ3) is 6.76. The van der Waals surface area contributed by atoms with Crippen molar-refractivity contribution in [1.82, 2.24) is 19.4 Å². The Morgan fingerprint density at radius 1 is 1.10 bits per heavy atom. The second-order valence-corrected chi connectivity index (χ2v) is 12.2. The Morgan fingerprint density at radius 3 is 2.52 bits per heavy atom. The van der Waals surface area contributed by atoms with Crippen molar-refractivity contribution in [3.05, 3.63) is 75.7 Å². The van der Waals surface area contributed by atoms with E-state index in [4.69, 9.17) is 32.9 Å². The first kappa shape index (κ1) is 30.0. The minimum Gasteiger partial charge on any atom is -0.444 e. The second-order valence-electron chi connectivity index (χ2n) is 11.4. The predicted octanol–water partition coefficient (Wildman–Crippen LogP) is 8.08. The molecule has 0 saturated carbocycles. The number of benzene rings is 2. The molecule has 1 saturated heterocycles. The van der Waals surface area contributed by atoms with E-state index in [9.17, 15) is 18.0 Å². The Kier molecular flexibility index (Phi) is 8.57. The van der Waals surface area contributed by atoms with E-state index in [2.05, 4.69) is 10.3 Å². The summed E-state index contributed by atoms with van der Waals surface area (Å²) in [6.07, 6.45) is 2.93. The van der Waals surface area contributed by atoms with Crippen LogP contribution in [0.2, 0.25) is 10.0 Å². The Hall–Kier alpha value is -3.50. The van der Waals surface area contributed by atoms with Crippen LogP contribution in [0.3, 0.4) is 0 Å². The van der Waals surface area contributed by atoms with E-state index in [1.165, 1.54) is 18.2 Å². The average Bonchev–Trinajstić information content (AvgIpc) is 3.25. The van der Waals surface area contributed by atoms with Crippen LogP contribution < -0.4 is 5.32 Å². The normalized spacial score (nSPS) is 15.7. The minimum absolute atomic E-state index is 0.0483. The largest absolute Gasteiger partial charge is 0.444 e. The number of hydrogen-bond donors (Lipinski definition) is 1. The molecule has 3 heterocycles. The van der Waals surface area contributed by atoms with E-state index in [1.54, 1.807) is 11.1 Å².